The lowest BCUT2D eigenvalue weighted by Gasteiger charge is -2.04. The van der Waals surface area contributed by atoms with E-state index in [1.807, 2.05) is 6.92 Å². The predicted octanol–water partition coefficient (Wildman–Crippen LogP) is 0.904. The van der Waals surface area contributed by atoms with E-state index in [1.165, 1.54) is 16.6 Å². The average Bonchev–Trinajstić information content (AvgIpc) is 3.07. The van der Waals surface area contributed by atoms with Gasteiger partial charge in [0.05, 0.1) is 25.3 Å². The number of thioether (sulfide) groups is 1. The number of nitrogens with two attached hydrogens (primary N) is 1. The van der Waals surface area contributed by atoms with Crippen molar-refractivity contribution in [1.29, 1.82) is 0 Å². The van der Waals surface area contributed by atoms with E-state index in [2.05, 4.69) is 26.1 Å². The number of thiophene rings is 1. The van der Waals surface area contributed by atoms with Crippen LogP contribution in [0.4, 0.5) is 0 Å². The highest BCUT2D eigenvalue weighted by Crippen LogP contribution is 2.31. The molecular weight excluding hydrogens is 348 g/mol. The van der Waals surface area contributed by atoms with E-state index < -0.39 is 5.91 Å². The second kappa shape index (κ2) is 7.24. The van der Waals surface area contributed by atoms with Crippen molar-refractivity contribution >= 4 is 39.2 Å². The van der Waals surface area contributed by atoms with Gasteiger partial charge in [0.1, 0.15) is 22.0 Å². The number of aryl methyl sites for hydroxylation is 1. The molecule has 1 amide bonds. The second-order valence-electron chi connectivity index (χ2n) is 5.08. The summed E-state index contributed by atoms with van der Waals surface area (Å²) in [6.07, 6.45) is 1.54. The maximum Gasteiger partial charge on any atom is 0.225 e. The van der Waals surface area contributed by atoms with E-state index in [4.69, 9.17) is 10.8 Å². The van der Waals surface area contributed by atoms with Gasteiger partial charge in [0.2, 0.25) is 5.91 Å². The summed E-state index contributed by atoms with van der Waals surface area (Å²) in [7, 11) is 0. The van der Waals surface area contributed by atoms with E-state index in [9.17, 15) is 4.79 Å². The van der Waals surface area contributed by atoms with Crippen LogP contribution in [0, 0.1) is 6.92 Å². The quantitative estimate of drug-likeness (QED) is 0.472. The molecule has 10 heteroatoms. The third-order valence-corrected chi connectivity index (χ3v) is 5.15. The first-order valence-electron chi connectivity index (χ1n) is 7.22. The Kier molecular flexibility index (Phi) is 5.07. The van der Waals surface area contributed by atoms with Gasteiger partial charge in [0.15, 0.2) is 5.82 Å². The van der Waals surface area contributed by atoms with Gasteiger partial charge in [0.25, 0.3) is 0 Å². The molecule has 3 aromatic heterocycles. The van der Waals surface area contributed by atoms with Gasteiger partial charge in [-0.05, 0) is 13.0 Å². The fraction of sp³-hybridized carbons (Fsp3) is 0.357. The van der Waals surface area contributed by atoms with Gasteiger partial charge in [0, 0.05) is 10.3 Å². The van der Waals surface area contributed by atoms with Crippen LogP contribution in [0.2, 0.25) is 0 Å². The van der Waals surface area contributed by atoms with Crippen LogP contribution in [-0.4, -0.2) is 42.4 Å². The zero-order chi connectivity index (χ0) is 17.1. The Morgan fingerprint density at radius 1 is 1.46 bits per heavy atom. The molecule has 0 bridgehead atoms. The highest BCUT2D eigenvalue weighted by molar-refractivity contribution is 7.98. The molecule has 8 nitrogen and oxygen atoms in total. The molecule has 3 N–H and O–H groups in total. The minimum Gasteiger partial charge on any atom is -0.394 e. The van der Waals surface area contributed by atoms with Gasteiger partial charge in [-0.25, -0.2) is 19.6 Å². The lowest BCUT2D eigenvalue weighted by Crippen LogP contribution is -2.15. The largest absolute Gasteiger partial charge is 0.394 e. The Hall–Kier alpha value is -2.04. The van der Waals surface area contributed by atoms with Crippen LogP contribution in [0.15, 0.2) is 17.4 Å². The third-order valence-electron chi connectivity index (χ3n) is 3.19. The molecule has 0 atom stereocenters. The van der Waals surface area contributed by atoms with Gasteiger partial charge in [-0.1, -0.05) is 11.8 Å². The number of fused-ring (bicyclic) bond motifs is 1. The first-order chi connectivity index (χ1) is 11.6. The molecule has 0 unspecified atom stereocenters. The van der Waals surface area contributed by atoms with E-state index in [1.54, 1.807) is 22.3 Å². The number of primary amides is 1. The van der Waals surface area contributed by atoms with Crippen LogP contribution in [0.5, 0.6) is 0 Å². The fourth-order valence-corrected chi connectivity index (χ4v) is 4.06. The molecule has 0 radical (unpaired) electrons. The van der Waals surface area contributed by atoms with Gasteiger partial charge < -0.3 is 10.8 Å². The summed E-state index contributed by atoms with van der Waals surface area (Å²) in [4.78, 5) is 26.1. The Morgan fingerprint density at radius 3 is 3.04 bits per heavy atom. The van der Waals surface area contributed by atoms with Crippen molar-refractivity contribution in [3.63, 3.8) is 0 Å². The minimum atomic E-state index is -0.485. The summed E-state index contributed by atoms with van der Waals surface area (Å²) < 4.78 is 1.60. The van der Waals surface area contributed by atoms with Crippen LogP contribution in [0.1, 0.15) is 16.5 Å². The number of hydrogen-bond acceptors (Lipinski definition) is 8. The van der Waals surface area contributed by atoms with Crippen LogP contribution in [-0.2, 0) is 23.5 Å². The van der Waals surface area contributed by atoms with Gasteiger partial charge >= 0.3 is 0 Å². The predicted molar refractivity (Wildman–Crippen MR) is 91.7 cm³/mol. The lowest BCUT2D eigenvalue weighted by atomic mass is 10.4. The molecule has 0 aliphatic heterocycles. The summed E-state index contributed by atoms with van der Waals surface area (Å²) in [6, 6.07) is 2.07. The average molecular weight is 364 g/mol. The van der Waals surface area contributed by atoms with Crippen LogP contribution in [0.3, 0.4) is 0 Å². The molecule has 3 heterocycles. The van der Waals surface area contributed by atoms with Crippen molar-refractivity contribution in [2.75, 3.05) is 6.61 Å². The number of hydrogen-bond donors (Lipinski definition) is 2. The highest BCUT2D eigenvalue weighted by atomic mass is 32.2. The van der Waals surface area contributed by atoms with E-state index in [-0.39, 0.29) is 13.0 Å². The Balaban J connectivity index is 1.82. The number of carbonyl (C=O) groups is 1. The summed E-state index contributed by atoms with van der Waals surface area (Å²) in [5.74, 6) is 1.07. The monoisotopic (exact) mass is 364 g/mol. The van der Waals surface area contributed by atoms with Crippen molar-refractivity contribution in [3.8, 4) is 0 Å². The second-order valence-corrected chi connectivity index (χ2v) is 7.28. The molecule has 0 spiro atoms. The molecule has 0 aromatic carbocycles. The highest BCUT2D eigenvalue weighted by Gasteiger charge is 2.14. The summed E-state index contributed by atoms with van der Waals surface area (Å²) >= 11 is 3.15. The SMILES string of the molecule is Cc1cc2c(SCc3nc(CC(N)=O)nn3CCO)ncnc2s1. The molecule has 3 aromatic rings. The first kappa shape index (κ1) is 16.8. The topological polar surface area (TPSA) is 120 Å². The van der Waals surface area contributed by atoms with Crippen molar-refractivity contribution < 1.29 is 9.90 Å². The van der Waals surface area contributed by atoms with Crippen molar-refractivity contribution in [3.05, 3.63) is 28.9 Å². The van der Waals surface area contributed by atoms with Gasteiger partial charge in [-0.15, -0.1) is 11.3 Å². The number of aromatic nitrogens is 5. The molecular formula is C14H16N6O2S2. The molecule has 24 heavy (non-hydrogen) atoms. The van der Waals surface area contributed by atoms with Crippen molar-refractivity contribution in [2.45, 2.75) is 30.7 Å². The van der Waals surface area contributed by atoms with Crippen molar-refractivity contribution in [2.24, 2.45) is 5.73 Å². The van der Waals surface area contributed by atoms with Gasteiger partial charge in [-0.2, -0.15) is 5.10 Å². The molecule has 0 aliphatic carbocycles. The van der Waals surface area contributed by atoms with Crippen LogP contribution < -0.4 is 5.73 Å². The zero-order valence-electron chi connectivity index (χ0n) is 13.0. The number of carbonyl (C=O) groups excluding carboxylic acids is 1. The smallest absolute Gasteiger partial charge is 0.225 e. The third kappa shape index (κ3) is 3.71. The molecule has 0 saturated heterocycles. The fourth-order valence-electron chi connectivity index (χ4n) is 2.24. The standard InChI is InChI=1S/C14H16N6O2S2/c1-8-4-9-13(16-7-17-14(9)24-8)23-6-12-18-11(5-10(15)22)19-20(12)2-3-21/h4,7,21H,2-3,5-6H2,1H3,(H2,15,22). The zero-order valence-corrected chi connectivity index (χ0v) is 14.6. The maximum atomic E-state index is 11.0. The number of aliphatic hydroxyl groups excluding tert-OH is 1. The minimum absolute atomic E-state index is 0.0163. The van der Waals surface area contributed by atoms with Crippen LogP contribution in [0.25, 0.3) is 10.2 Å². The number of amides is 1. The Labute approximate surface area is 146 Å². The van der Waals surface area contributed by atoms with Gasteiger partial charge in [-0.3, -0.25) is 4.79 Å². The normalized spacial score (nSPS) is 11.2. The Bertz CT molecular complexity index is 875. The van der Waals surface area contributed by atoms with E-state index in [0.717, 1.165) is 15.2 Å². The molecule has 0 fully saturated rings. The lowest BCUT2D eigenvalue weighted by molar-refractivity contribution is -0.117. The van der Waals surface area contributed by atoms with E-state index in [0.29, 0.717) is 23.9 Å². The maximum absolute atomic E-state index is 11.0. The number of rotatable bonds is 7. The van der Waals surface area contributed by atoms with Crippen LogP contribution >= 0.6 is 23.1 Å². The Morgan fingerprint density at radius 2 is 2.29 bits per heavy atom. The molecule has 0 saturated carbocycles. The molecule has 126 valence electrons. The van der Waals surface area contributed by atoms with E-state index >= 15 is 0 Å². The van der Waals surface area contributed by atoms with Crippen molar-refractivity contribution in [1.82, 2.24) is 24.7 Å². The number of nitrogens with zero attached hydrogens (tertiary/aromatic N) is 5. The summed E-state index contributed by atoms with van der Waals surface area (Å²) in [5, 5.41) is 15.3. The summed E-state index contributed by atoms with van der Waals surface area (Å²) in [6.45, 7) is 2.30. The molecule has 3 rings (SSSR count). The first-order valence-corrected chi connectivity index (χ1v) is 9.02. The molecule has 0 aliphatic rings. The number of aliphatic hydroxyl groups is 1. The summed E-state index contributed by atoms with van der Waals surface area (Å²) in [5.41, 5.74) is 5.19.